The van der Waals surface area contributed by atoms with Gasteiger partial charge in [0.1, 0.15) is 5.75 Å². The van der Waals surface area contributed by atoms with Gasteiger partial charge in [-0.2, -0.15) is 0 Å². The molecule has 1 N–H and O–H groups in total. The monoisotopic (exact) mass is 355 g/mol. The number of carboxylic acids is 1. The topological polar surface area (TPSA) is 66.8 Å². The van der Waals surface area contributed by atoms with Crippen LogP contribution in [0.5, 0.6) is 5.75 Å². The molecular weight excluding hydrogens is 338 g/mol. The maximum absolute atomic E-state index is 12.0. The lowest BCUT2D eigenvalue weighted by molar-refractivity contribution is -0.145. The van der Waals surface area contributed by atoms with Crippen molar-refractivity contribution in [3.05, 3.63) is 28.7 Å². The predicted molar refractivity (Wildman–Crippen MR) is 81.2 cm³/mol. The lowest BCUT2D eigenvalue weighted by atomic mass is 9.97. The molecule has 1 saturated heterocycles. The first-order chi connectivity index (χ1) is 10.1. The molecule has 6 heteroatoms. The third kappa shape index (κ3) is 4.46. The fraction of sp³-hybridized carbons (Fsp3) is 0.467. The second-order valence-corrected chi connectivity index (χ2v) is 5.88. The minimum absolute atomic E-state index is 0.0193. The lowest BCUT2D eigenvalue weighted by Gasteiger charge is -2.30. The van der Waals surface area contributed by atoms with Gasteiger partial charge in [-0.05, 0) is 40.9 Å². The standard InChI is InChI=1S/C15H18BrNO4/c16-12-3-1-2-4-13(12)21-10-7-14(18)17-8-5-11(6-9-17)15(19)20/h1-4,11H,5-10H2,(H,19,20). The minimum Gasteiger partial charge on any atom is -0.492 e. The van der Waals surface area contributed by atoms with Crippen molar-refractivity contribution in [1.82, 2.24) is 4.90 Å². The van der Waals surface area contributed by atoms with Crippen LogP contribution in [0.15, 0.2) is 28.7 Å². The van der Waals surface area contributed by atoms with Crippen molar-refractivity contribution in [3.8, 4) is 5.75 Å². The molecule has 0 atom stereocenters. The molecule has 0 radical (unpaired) electrons. The smallest absolute Gasteiger partial charge is 0.306 e. The number of rotatable bonds is 5. The van der Waals surface area contributed by atoms with Crippen LogP contribution >= 0.6 is 15.9 Å². The van der Waals surface area contributed by atoms with E-state index in [0.717, 1.165) is 10.2 Å². The number of benzene rings is 1. The molecule has 0 aromatic heterocycles. The van der Waals surface area contributed by atoms with E-state index in [2.05, 4.69) is 15.9 Å². The molecule has 1 aliphatic heterocycles. The Kier molecular flexibility index (Phi) is 5.61. The largest absolute Gasteiger partial charge is 0.492 e. The van der Waals surface area contributed by atoms with Gasteiger partial charge >= 0.3 is 5.97 Å². The highest BCUT2D eigenvalue weighted by Gasteiger charge is 2.26. The highest BCUT2D eigenvalue weighted by molar-refractivity contribution is 9.10. The van der Waals surface area contributed by atoms with Crippen LogP contribution in [0, 0.1) is 5.92 Å². The van der Waals surface area contributed by atoms with Crippen LogP contribution in [0.3, 0.4) is 0 Å². The van der Waals surface area contributed by atoms with E-state index in [1.165, 1.54) is 0 Å². The van der Waals surface area contributed by atoms with E-state index in [0.29, 0.717) is 39.0 Å². The van der Waals surface area contributed by atoms with Gasteiger partial charge in [-0.15, -0.1) is 0 Å². The summed E-state index contributed by atoms with van der Waals surface area (Å²) in [5.74, 6) is -0.342. The number of piperidine rings is 1. The van der Waals surface area contributed by atoms with Gasteiger partial charge < -0.3 is 14.7 Å². The number of halogens is 1. The van der Waals surface area contributed by atoms with Gasteiger partial charge in [0.25, 0.3) is 0 Å². The maximum Gasteiger partial charge on any atom is 0.306 e. The van der Waals surface area contributed by atoms with Crippen LogP contribution in [-0.4, -0.2) is 41.6 Å². The van der Waals surface area contributed by atoms with E-state index in [1.807, 2.05) is 24.3 Å². The number of carboxylic acid groups (broad SMARTS) is 1. The minimum atomic E-state index is -0.764. The number of ether oxygens (including phenoxy) is 1. The van der Waals surface area contributed by atoms with Crippen LogP contribution in [0.4, 0.5) is 0 Å². The number of carbonyl (C=O) groups excluding carboxylic acids is 1. The molecule has 5 nitrogen and oxygen atoms in total. The van der Waals surface area contributed by atoms with Crippen LogP contribution in [-0.2, 0) is 9.59 Å². The van der Waals surface area contributed by atoms with Crippen LogP contribution in [0.25, 0.3) is 0 Å². The van der Waals surface area contributed by atoms with Gasteiger partial charge in [-0.25, -0.2) is 0 Å². The van der Waals surface area contributed by atoms with Crippen LogP contribution in [0.2, 0.25) is 0 Å². The van der Waals surface area contributed by atoms with E-state index >= 15 is 0 Å². The summed E-state index contributed by atoms with van der Waals surface area (Å²) in [7, 11) is 0. The summed E-state index contributed by atoms with van der Waals surface area (Å²) in [6.07, 6.45) is 1.37. The first-order valence-electron chi connectivity index (χ1n) is 6.96. The van der Waals surface area contributed by atoms with Gasteiger partial charge in [-0.1, -0.05) is 12.1 Å². The van der Waals surface area contributed by atoms with Crippen molar-refractivity contribution in [1.29, 1.82) is 0 Å². The van der Waals surface area contributed by atoms with E-state index in [1.54, 1.807) is 4.90 Å². The fourth-order valence-electron chi connectivity index (χ4n) is 2.34. The number of amides is 1. The molecule has 1 amide bonds. The molecule has 0 aliphatic carbocycles. The van der Waals surface area contributed by atoms with Crippen molar-refractivity contribution in [2.75, 3.05) is 19.7 Å². The van der Waals surface area contributed by atoms with Gasteiger partial charge in [0.2, 0.25) is 5.91 Å². The van der Waals surface area contributed by atoms with Crippen molar-refractivity contribution < 1.29 is 19.4 Å². The van der Waals surface area contributed by atoms with Gasteiger partial charge in [0.15, 0.2) is 0 Å². The Balaban J connectivity index is 1.73. The zero-order valence-corrected chi connectivity index (χ0v) is 13.2. The molecule has 114 valence electrons. The third-order valence-corrected chi connectivity index (χ3v) is 4.26. The number of hydrogen-bond acceptors (Lipinski definition) is 3. The number of likely N-dealkylation sites (tertiary alicyclic amines) is 1. The van der Waals surface area contributed by atoms with E-state index in [-0.39, 0.29) is 11.8 Å². The summed E-state index contributed by atoms with van der Waals surface area (Å²) < 4.78 is 6.43. The zero-order valence-electron chi connectivity index (χ0n) is 11.6. The summed E-state index contributed by atoms with van der Waals surface area (Å²) >= 11 is 3.38. The Morgan fingerprint density at radius 2 is 1.95 bits per heavy atom. The second-order valence-electron chi connectivity index (χ2n) is 5.02. The van der Waals surface area contributed by atoms with E-state index in [4.69, 9.17) is 9.84 Å². The maximum atomic E-state index is 12.0. The average Bonchev–Trinajstić information content (AvgIpc) is 2.49. The molecule has 0 spiro atoms. The fourth-order valence-corrected chi connectivity index (χ4v) is 2.74. The third-order valence-electron chi connectivity index (χ3n) is 3.61. The molecule has 1 fully saturated rings. The summed E-state index contributed by atoms with van der Waals surface area (Å²) in [4.78, 5) is 24.6. The summed E-state index contributed by atoms with van der Waals surface area (Å²) in [6.45, 7) is 1.36. The van der Waals surface area contributed by atoms with E-state index < -0.39 is 5.97 Å². The molecule has 1 aromatic carbocycles. The Labute approximate surface area is 132 Å². The molecule has 0 saturated carbocycles. The van der Waals surface area contributed by atoms with Crippen molar-refractivity contribution in [2.24, 2.45) is 5.92 Å². The number of para-hydroxylation sites is 1. The number of carbonyl (C=O) groups is 2. The molecule has 0 unspecified atom stereocenters. The first-order valence-corrected chi connectivity index (χ1v) is 7.75. The molecule has 2 rings (SSSR count). The van der Waals surface area contributed by atoms with Gasteiger partial charge in [-0.3, -0.25) is 9.59 Å². The quantitative estimate of drug-likeness (QED) is 0.881. The SMILES string of the molecule is O=C(O)C1CCN(C(=O)CCOc2ccccc2Br)CC1. The molecule has 1 heterocycles. The van der Waals surface area contributed by atoms with Crippen LogP contribution < -0.4 is 4.74 Å². The van der Waals surface area contributed by atoms with E-state index in [9.17, 15) is 9.59 Å². The molecule has 0 bridgehead atoms. The molecular formula is C15H18BrNO4. The predicted octanol–water partition coefficient (Wildman–Crippen LogP) is 2.54. The highest BCUT2D eigenvalue weighted by atomic mass is 79.9. The Morgan fingerprint density at radius 3 is 2.57 bits per heavy atom. The average molecular weight is 356 g/mol. The summed E-state index contributed by atoms with van der Waals surface area (Å²) in [5, 5.41) is 8.93. The lowest BCUT2D eigenvalue weighted by Crippen LogP contribution is -2.40. The number of hydrogen-bond donors (Lipinski definition) is 1. The zero-order chi connectivity index (χ0) is 15.2. The summed E-state index contributed by atoms with van der Waals surface area (Å²) in [6, 6.07) is 7.49. The Hall–Kier alpha value is -1.56. The number of nitrogens with zero attached hydrogens (tertiary/aromatic N) is 1. The normalized spacial score (nSPS) is 15.8. The number of aliphatic carboxylic acids is 1. The molecule has 21 heavy (non-hydrogen) atoms. The second kappa shape index (κ2) is 7.45. The van der Waals surface area contributed by atoms with Gasteiger partial charge in [0, 0.05) is 13.1 Å². The highest BCUT2D eigenvalue weighted by Crippen LogP contribution is 2.24. The molecule has 1 aliphatic rings. The van der Waals surface area contributed by atoms with Crippen molar-refractivity contribution in [2.45, 2.75) is 19.3 Å². The first kappa shape index (κ1) is 15.8. The summed E-state index contributed by atoms with van der Waals surface area (Å²) in [5.41, 5.74) is 0. The van der Waals surface area contributed by atoms with Gasteiger partial charge in [0.05, 0.1) is 23.4 Å². The van der Waals surface area contributed by atoms with Crippen LogP contribution in [0.1, 0.15) is 19.3 Å². The molecule has 1 aromatic rings. The van der Waals surface area contributed by atoms with Crippen molar-refractivity contribution >= 4 is 27.8 Å². The van der Waals surface area contributed by atoms with Crippen molar-refractivity contribution in [3.63, 3.8) is 0 Å². The Bertz CT molecular complexity index is 512. The Morgan fingerprint density at radius 1 is 1.29 bits per heavy atom.